The van der Waals surface area contributed by atoms with E-state index in [-0.39, 0.29) is 89.5 Å². The molecule has 1 heterocycles. The summed E-state index contributed by atoms with van der Waals surface area (Å²) in [6.45, 7) is 4.60. The van der Waals surface area contributed by atoms with E-state index in [4.69, 9.17) is 22.9 Å². The number of nitrogens with one attached hydrogen (secondary N) is 9. The first-order chi connectivity index (χ1) is 34.0. The highest BCUT2D eigenvalue weighted by Gasteiger charge is 2.41. The summed E-state index contributed by atoms with van der Waals surface area (Å²) >= 11 is 0. The molecule has 1 aliphatic heterocycles. The van der Waals surface area contributed by atoms with Crippen molar-refractivity contribution in [2.75, 3.05) is 32.7 Å². The molecule has 17 N–H and O–H groups in total. The molecule has 3 aliphatic rings. The molecule has 22 heteroatoms. The molecule has 396 valence electrons. The second kappa shape index (κ2) is 29.6. The van der Waals surface area contributed by atoms with Gasteiger partial charge in [0.1, 0.15) is 48.3 Å². The zero-order chi connectivity index (χ0) is 52.0. The van der Waals surface area contributed by atoms with E-state index in [0.29, 0.717) is 23.8 Å². The minimum atomic E-state index is -1.40. The average molecular weight is 996 g/mol. The summed E-state index contributed by atoms with van der Waals surface area (Å²) in [4.78, 5) is 126. The lowest BCUT2D eigenvalue weighted by Gasteiger charge is -2.32. The highest BCUT2D eigenvalue weighted by molar-refractivity contribution is 5.98. The summed E-state index contributed by atoms with van der Waals surface area (Å²) in [5.74, 6) is -5.45. The van der Waals surface area contributed by atoms with Gasteiger partial charge in [0, 0.05) is 19.9 Å². The third kappa shape index (κ3) is 18.4. The molecule has 71 heavy (non-hydrogen) atoms. The van der Waals surface area contributed by atoms with Gasteiger partial charge in [-0.15, -0.1) is 0 Å². The Hall–Kier alpha value is -5.71. The van der Waals surface area contributed by atoms with E-state index in [1.807, 2.05) is 13.8 Å². The number of amides is 9. The van der Waals surface area contributed by atoms with Gasteiger partial charge in [-0.1, -0.05) is 63.4 Å². The van der Waals surface area contributed by atoms with E-state index in [9.17, 15) is 43.2 Å². The van der Waals surface area contributed by atoms with Gasteiger partial charge in [0.05, 0.1) is 0 Å². The molecule has 0 aromatic heterocycles. The van der Waals surface area contributed by atoms with E-state index in [0.717, 1.165) is 38.5 Å². The molecule has 1 saturated heterocycles. The van der Waals surface area contributed by atoms with Gasteiger partial charge in [0.15, 0.2) is 0 Å². The molecule has 0 radical (unpaired) electrons. The van der Waals surface area contributed by atoms with Gasteiger partial charge in [-0.3, -0.25) is 43.2 Å². The van der Waals surface area contributed by atoms with Crippen molar-refractivity contribution in [2.24, 2.45) is 46.6 Å². The molecule has 0 bridgehead atoms. The predicted octanol–water partition coefficient (Wildman–Crippen LogP) is -2.30. The van der Waals surface area contributed by atoms with Crippen LogP contribution in [0.1, 0.15) is 110 Å². The van der Waals surface area contributed by atoms with Crippen LogP contribution in [0.15, 0.2) is 30.3 Å². The van der Waals surface area contributed by atoms with Crippen LogP contribution in [0, 0.1) is 23.7 Å². The number of carbonyl (C=O) groups excluding carboxylic acids is 9. The van der Waals surface area contributed by atoms with E-state index in [1.165, 1.54) is 6.92 Å². The molecule has 22 nitrogen and oxygen atoms in total. The van der Waals surface area contributed by atoms with Gasteiger partial charge in [-0.05, 0) is 120 Å². The second-order valence-corrected chi connectivity index (χ2v) is 19.7. The van der Waals surface area contributed by atoms with Crippen LogP contribution < -0.4 is 70.8 Å². The fourth-order valence-electron chi connectivity index (χ4n) is 10.1. The zero-order valence-electron chi connectivity index (χ0n) is 41.7. The fourth-order valence-corrected chi connectivity index (χ4v) is 10.1. The van der Waals surface area contributed by atoms with E-state index >= 15 is 0 Å². The van der Waals surface area contributed by atoms with Crippen molar-refractivity contribution in [3.8, 4) is 0 Å². The fraction of sp³-hybridized carbons (Fsp3) is 0.694. The van der Waals surface area contributed by atoms with Crippen LogP contribution in [0.3, 0.4) is 0 Å². The van der Waals surface area contributed by atoms with Crippen LogP contribution in [0.4, 0.5) is 0 Å². The third-order valence-electron chi connectivity index (χ3n) is 13.7. The molecular weight excluding hydrogens is 915 g/mol. The molecule has 11 atom stereocenters. The first kappa shape index (κ1) is 57.9. The average Bonchev–Trinajstić information content (AvgIpc) is 3.74. The molecule has 2 aliphatic carbocycles. The highest BCUT2D eigenvalue weighted by atomic mass is 16.2. The predicted molar refractivity (Wildman–Crippen MR) is 266 cm³/mol. The number of hydrogen-bond donors (Lipinski definition) is 13. The molecule has 9 amide bonds. The van der Waals surface area contributed by atoms with Crippen LogP contribution in [-0.4, -0.2) is 134 Å². The number of hydrogen-bond acceptors (Lipinski definition) is 13. The van der Waals surface area contributed by atoms with Crippen molar-refractivity contribution in [3.63, 3.8) is 0 Å². The first-order valence-corrected chi connectivity index (χ1v) is 25.5. The summed E-state index contributed by atoms with van der Waals surface area (Å²) in [5.41, 5.74) is 24.3. The SMILES string of the molecule is CC(=O)N[C@H](CCN)C(=O)N[C@H]1CCNC(=O)[C@H](CC2CCC3CCCCC32)NC(=O)[C@H](CCN)NC(=O)[C@H](CCN)NC(=O)[C@H](CC(C)C)NC(=O)[C@@H](Cc2ccccc2)NC(=O)[C@H](CCN)NC1=O. The summed E-state index contributed by atoms with van der Waals surface area (Å²) in [7, 11) is 0. The van der Waals surface area contributed by atoms with Gasteiger partial charge >= 0.3 is 0 Å². The van der Waals surface area contributed by atoms with Crippen LogP contribution in [0.25, 0.3) is 0 Å². The van der Waals surface area contributed by atoms with Gasteiger partial charge in [0.25, 0.3) is 0 Å². The number of benzene rings is 1. The number of nitrogens with two attached hydrogens (primary N) is 4. The summed E-state index contributed by atoms with van der Waals surface area (Å²) < 4.78 is 0. The van der Waals surface area contributed by atoms with Crippen LogP contribution in [-0.2, 0) is 49.6 Å². The van der Waals surface area contributed by atoms with Gasteiger partial charge in [-0.25, -0.2) is 0 Å². The molecule has 1 aromatic rings. The minimum Gasteiger partial charge on any atom is -0.354 e. The highest BCUT2D eigenvalue weighted by Crippen LogP contribution is 2.47. The Morgan fingerprint density at radius 3 is 1.69 bits per heavy atom. The van der Waals surface area contributed by atoms with Crippen molar-refractivity contribution in [2.45, 2.75) is 159 Å². The van der Waals surface area contributed by atoms with Gasteiger partial charge < -0.3 is 70.8 Å². The lowest BCUT2D eigenvalue weighted by atomic mass is 9.76. The van der Waals surface area contributed by atoms with Crippen molar-refractivity contribution in [1.82, 2.24) is 47.9 Å². The molecule has 3 fully saturated rings. The van der Waals surface area contributed by atoms with E-state index < -0.39 is 101 Å². The minimum absolute atomic E-state index is 0.0183. The number of fused-ring (bicyclic) bond motifs is 1. The largest absolute Gasteiger partial charge is 0.354 e. The second-order valence-electron chi connectivity index (χ2n) is 19.7. The van der Waals surface area contributed by atoms with Crippen molar-refractivity contribution < 1.29 is 43.2 Å². The van der Waals surface area contributed by atoms with Crippen molar-refractivity contribution >= 4 is 53.2 Å². The van der Waals surface area contributed by atoms with Gasteiger partial charge in [0.2, 0.25) is 53.2 Å². The Balaban J connectivity index is 1.78. The standard InChI is InChI=1S/C49H81N13O9/c1-28(2)25-39-48(70)58-35(16-21-51)44(66)56-37(18-23-53)46(68)62-41(27-32-14-13-31-11-7-8-12-33(31)32)42(64)54-24-19-38(59-43(65)34(15-20-50)55-29(3)63)47(69)57-36(17-22-52)45(67)61-40(49(71)60-39)26-30-9-5-4-6-10-30/h4-6,9-10,28,31-41H,7-8,11-27,50-53H2,1-3H3,(H,54,64)(H,55,63)(H,56,66)(H,57,69)(H,58,70)(H,59,65)(H,60,71)(H,61,67)(H,62,68)/t31?,32?,33?,34-,35+,36+,37+,38+,39+,40-,41+/m1/s1. The topological polar surface area (TPSA) is 366 Å². The van der Waals surface area contributed by atoms with Crippen LogP contribution in [0.5, 0.6) is 0 Å². The maximum atomic E-state index is 14.3. The first-order valence-electron chi connectivity index (χ1n) is 25.5. The summed E-state index contributed by atoms with van der Waals surface area (Å²) in [6, 6.07) is -1.12. The normalized spacial score (nSPS) is 28.1. The van der Waals surface area contributed by atoms with Crippen LogP contribution >= 0.6 is 0 Å². The summed E-state index contributed by atoms with van der Waals surface area (Å²) in [5, 5.41) is 24.6. The Morgan fingerprint density at radius 2 is 1.13 bits per heavy atom. The Bertz CT molecular complexity index is 1960. The molecule has 0 spiro atoms. The Kier molecular flexibility index (Phi) is 24.1. The Labute approximate surface area is 417 Å². The number of carbonyl (C=O) groups is 9. The quantitative estimate of drug-likeness (QED) is 0.0782. The monoisotopic (exact) mass is 996 g/mol. The molecule has 1 aromatic carbocycles. The molecule has 2 saturated carbocycles. The van der Waals surface area contributed by atoms with Gasteiger partial charge in [-0.2, -0.15) is 0 Å². The Morgan fingerprint density at radius 1 is 0.606 bits per heavy atom. The lowest BCUT2D eigenvalue weighted by molar-refractivity contribution is -0.136. The van der Waals surface area contributed by atoms with Crippen LogP contribution in [0.2, 0.25) is 0 Å². The van der Waals surface area contributed by atoms with Crippen molar-refractivity contribution in [1.29, 1.82) is 0 Å². The van der Waals surface area contributed by atoms with Crippen molar-refractivity contribution in [3.05, 3.63) is 35.9 Å². The smallest absolute Gasteiger partial charge is 0.243 e. The van der Waals surface area contributed by atoms with E-state index in [2.05, 4.69) is 47.9 Å². The van der Waals surface area contributed by atoms with E-state index in [1.54, 1.807) is 30.3 Å². The maximum absolute atomic E-state index is 14.3. The molecule has 4 rings (SSSR count). The number of rotatable bonds is 17. The lowest BCUT2D eigenvalue weighted by Crippen LogP contribution is -2.61. The maximum Gasteiger partial charge on any atom is 0.243 e. The molecular formula is C49H81N13O9. The zero-order valence-corrected chi connectivity index (χ0v) is 41.7. The molecule has 3 unspecified atom stereocenters. The summed E-state index contributed by atoms with van der Waals surface area (Å²) in [6.07, 6.45) is 6.26. The third-order valence-corrected chi connectivity index (χ3v) is 13.7.